The SMILES string of the molecule is CNCCC(=O)N(Cc1ccc(F)cc1)C1CC1. The number of carbonyl (C=O) groups excluding carboxylic acids is 1. The van der Waals surface area contributed by atoms with Gasteiger partial charge in [0.1, 0.15) is 5.82 Å². The highest BCUT2D eigenvalue weighted by Crippen LogP contribution is 2.28. The fourth-order valence-corrected chi connectivity index (χ4v) is 1.97. The first-order valence-corrected chi connectivity index (χ1v) is 6.39. The van der Waals surface area contributed by atoms with Crippen molar-refractivity contribution >= 4 is 5.91 Å². The number of hydrogen-bond acceptors (Lipinski definition) is 2. The van der Waals surface area contributed by atoms with Gasteiger partial charge in [-0.05, 0) is 37.6 Å². The molecule has 1 amide bonds. The maximum absolute atomic E-state index is 12.8. The summed E-state index contributed by atoms with van der Waals surface area (Å²) < 4.78 is 12.8. The minimum absolute atomic E-state index is 0.177. The van der Waals surface area contributed by atoms with E-state index in [-0.39, 0.29) is 11.7 Å². The van der Waals surface area contributed by atoms with Gasteiger partial charge in [-0.1, -0.05) is 12.1 Å². The van der Waals surface area contributed by atoms with Gasteiger partial charge in [0.25, 0.3) is 0 Å². The first-order valence-electron chi connectivity index (χ1n) is 6.39. The summed E-state index contributed by atoms with van der Waals surface area (Å²) in [7, 11) is 1.84. The normalized spacial score (nSPS) is 14.6. The standard InChI is InChI=1S/C14H19FN2O/c1-16-9-8-14(18)17(13-6-7-13)10-11-2-4-12(15)5-3-11/h2-5,13,16H,6-10H2,1H3. The molecule has 3 nitrogen and oxygen atoms in total. The second kappa shape index (κ2) is 5.96. The van der Waals surface area contributed by atoms with Crippen molar-refractivity contribution in [2.45, 2.75) is 31.8 Å². The van der Waals surface area contributed by atoms with Crippen LogP contribution in [0.4, 0.5) is 4.39 Å². The topological polar surface area (TPSA) is 32.3 Å². The van der Waals surface area contributed by atoms with E-state index in [1.54, 1.807) is 12.1 Å². The summed E-state index contributed by atoms with van der Waals surface area (Å²) in [6.45, 7) is 1.29. The summed E-state index contributed by atoms with van der Waals surface area (Å²) in [6, 6.07) is 6.77. The maximum atomic E-state index is 12.8. The van der Waals surface area contributed by atoms with Crippen LogP contribution < -0.4 is 5.32 Å². The molecule has 0 radical (unpaired) electrons. The van der Waals surface area contributed by atoms with Crippen LogP contribution in [0.25, 0.3) is 0 Å². The van der Waals surface area contributed by atoms with Crippen LogP contribution in [-0.2, 0) is 11.3 Å². The van der Waals surface area contributed by atoms with Gasteiger partial charge in [0.05, 0.1) is 0 Å². The molecule has 18 heavy (non-hydrogen) atoms. The Labute approximate surface area is 107 Å². The first-order chi connectivity index (χ1) is 8.70. The third-order valence-electron chi connectivity index (χ3n) is 3.16. The van der Waals surface area contributed by atoms with Crippen LogP contribution in [0.2, 0.25) is 0 Å². The minimum atomic E-state index is -0.238. The van der Waals surface area contributed by atoms with Crippen molar-refractivity contribution in [2.24, 2.45) is 0 Å². The minimum Gasteiger partial charge on any atom is -0.335 e. The molecule has 0 bridgehead atoms. The number of nitrogens with one attached hydrogen (secondary N) is 1. The average Bonchev–Trinajstić information content (AvgIpc) is 3.19. The Kier molecular flexibility index (Phi) is 4.31. The number of benzene rings is 1. The van der Waals surface area contributed by atoms with Crippen molar-refractivity contribution in [1.29, 1.82) is 0 Å². The number of carbonyl (C=O) groups is 1. The van der Waals surface area contributed by atoms with E-state index in [2.05, 4.69) is 5.32 Å². The molecule has 1 N–H and O–H groups in total. The fourth-order valence-electron chi connectivity index (χ4n) is 1.97. The molecule has 0 atom stereocenters. The molecule has 1 aromatic carbocycles. The molecule has 98 valence electrons. The summed E-state index contributed by atoms with van der Waals surface area (Å²) in [5, 5.41) is 2.99. The van der Waals surface area contributed by atoms with E-state index in [4.69, 9.17) is 0 Å². The van der Waals surface area contributed by atoms with Crippen LogP contribution in [0.1, 0.15) is 24.8 Å². The van der Waals surface area contributed by atoms with Gasteiger partial charge in [0.2, 0.25) is 5.91 Å². The van der Waals surface area contributed by atoms with E-state index in [1.165, 1.54) is 12.1 Å². The summed E-state index contributed by atoms with van der Waals surface area (Å²) >= 11 is 0. The Morgan fingerprint density at radius 1 is 1.39 bits per heavy atom. The van der Waals surface area contributed by atoms with Gasteiger partial charge < -0.3 is 10.2 Å². The molecule has 1 aliphatic rings. The highest BCUT2D eigenvalue weighted by molar-refractivity contribution is 5.77. The van der Waals surface area contributed by atoms with Gasteiger partial charge in [-0.3, -0.25) is 4.79 Å². The number of rotatable bonds is 6. The number of amides is 1. The number of halogens is 1. The van der Waals surface area contributed by atoms with Crippen molar-refractivity contribution in [2.75, 3.05) is 13.6 Å². The lowest BCUT2D eigenvalue weighted by molar-refractivity contribution is -0.132. The van der Waals surface area contributed by atoms with Crippen LogP contribution in [0.3, 0.4) is 0 Å². The monoisotopic (exact) mass is 250 g/mol. The maximum Gasteiger partial charge on any atom is 0.224 e. The van der Waals surface area contributed by atoms with Crippen LogP contribution in [0, 0.1) is 5.82 Å². The quantitative estimate of drug-likeness (QED) is 0.836. The predicted octanol–water partition coefficient (Wildman–Crippen LogP) is 1.93. The van der Waals surface area contributed by atoms with Crippen molar-refractivity contribution < 1.29 is 9.18 Å². The second-order valence-corrected chi connectivity index (χ2v) is 4.73. The zero-order valence-electron chi connectivity index (χ0n) is 10.7. The second-order valence-electron chi connectivity index (χ2n) is 4.73. The average molecular weight is 250 g/mol. The van der Waals surface area contributed by atoms with Gasteiger partial charge in [0, 0.05) is 25.6 Å². The smallest absolute Gasteiger partial charge is 0.224 e. The molecular formula is C14H19FN2O. The Morgan fingerprint density at radius 2 is 2.06 bits per heavy atom. The van der Waals surface area contributed by atoms with Gasteiger partial charge in [-0.2, -0.15) is 0 Å². The molecular weight excluding hydrogens is 231 g/mol. The van der Waals surface area contributed by atoms with Gasteiger partial charge >= 0.3 is 0 Å². The van der Waals surface area contributed by atoms with Gasteiger partial charge in [-0.15, -0.1) is 0 Å². The van der Waals surface area contributed by atoms with Gasteiger partial charge in [0.15, 0.2) is 0 Å². The third kappa shape index (κ3) is 3.53. The molecule has 4 heteroatoms. The molecule has 0 saturated heterocycles. The molecule has 0 unspecified atom stereocenters. The van der Waals surface area contributed by atoms with Gasteiger partial charge in [-0.25, -0.2) is 4.39 Å². The zero-order valence-corrected chi connectivity index (χ0v) is 10.7. The molecule has 0 spiro atoms. The molecule has 0 aliphatic heterocycles. The van der Waals surface area contributed by atoms with Crippen molar-refractivity contribution in [3.8, 4) is 0 Å². The van der Waals surface area contributed by atoms with Crippen molar-refractivity contribution in [3.05, 3.63) is 35.6 Å². The van der Waals surface area contributed by atoms with E-state index >= 15 is 0 Å². The van der Waals surface area contributed by atoms with Crippen LogP contribution in [0.15, 0.2) is 24.3 Å². The summed E-state index contributed by atoms with van der Waals surface area (Å²) in [4.78, 5) is 14.0. The molecule has 0 aromatic heterocycles. The third-order valence-corrected chi connectivity index (χ3v) is 3.16. The Morgan fingerprint density at radius 3 is 2.61 bits per heavy atom. The van der Waals surface area contributed by atoms with Crippen molar-refractivity contribution in [1.82, 2.24) is 10.2 Å². The van der Waals surface area contributed by atoms with Crippen LogP contribution in [0.5, 0.6) is 0 Å². The van der Waals surface area contributed by atoms with Crippen LogP contribution >= 0.6 is 0 Å². The largest absolute Gasteiger partial charge is 0.335 e. The van der Waals surface area contributed by atoms with E-state index in [0.29, 0.717) is 25.6 Å². The lowest BCUT2D eigenvalue weighted by atomic mass is 10.2. The highest BCUT2D eigenvalue weighted by Gasteiger charge is 2.31. The Balaban J connectivity index is 1.97. The van der Waals surface area contributed by atoms with Crippen LogP contribution in [-0.4, -0.2) is 30.4 Å². The molecule has 1 saturated carbocycles. The predicted molar refractivity (Wildman–Crippen MR) is 68.5 cm³/mol. The first kappa shape index (κ1) is 13.0. The fraction of sp³-hybridized carbons (Fsp3) is 0.500. The molecule has 1 aliphatic carbocycles. The zero-order chi connectivity index (χ0) is 13.0. The Hall–Kier alpha value is -1.42. The van der Waals surface area contributed by atoms with E-state index in [9.17, 15) is 9.18 Å². The number of hydrogen-bond donors (Lipinski definition) is 1. The highest BCUT2D eigenvalue weighted by atomic mass is 19.1. The summed E-state index contributed by atoms with van der Waals surface area (Å²) in [6.07, 6.45) is 2.70. The van der Waals surface area contributed by atoms with E-state index in [0.717, 1.165) is 18.4 Å². The molecule has 2 rings (SSSR count). The van der Waals surface area contributed by atoms with E-state index in [1.807, 2.05) is 11.9 Å². The molecule has 1 aromatic rings. The lowest BCUT2D eigenvalue weighted by Crippen LogP contribution is -2.34. The lowest BCUT2D eigenvalue weighted by Gasteiger charge is -2.22. The summed E-state index contributed by atoms with van der Waals surface area (Å²) in [5.74, 6) is -0.0607. The summed E-state index contributed by atoms with van der Waals surface area (Å²) in [5.41, 5.74) is 0.987. The molecule has 1 fully saturated rings. The molecule has 0 heterocycles. The number of nitrogens with zero attached hydrogens (tertiary/aromatic N) is 1. The Bertz CT molecular complexity index is 401. The van der Waals surface area contributed by atoms with E-state index < -0.39 is 0 Å². The van der Waals surface area contributed by atoms with Crippen molar-refractivity contribution in [3.63, 3.8) is 0 Å².